The van der Waals surface area contributed by atoms with Crippen molar-refractivity contribution < 1.29 is 17.1 Å². The summed E-state index contributed by atoms with van der Waals surface area (Å²) in [7, 11) is 0. The zero-order valence-electron chi connectivity index (χ0n) is 3.32. The average molecular weight is 130 g/mol. The van der Waals surface area contributed by atoms with Crippen molar-refractivity contribution in [2.75, 3.05) is 0 Å². The van der Waals surface area contributed by atoms with Gasteiger partial charge in [0.1, 0.15) is 0 Å². The van der Waals surface area contributed by atoms with Gasteiger partial charge in [-0.1, -0.05) is 24.3 Å². The van der Waals surface area contributed by atoms with E-state index in [2.05, 4.69) is 24.3 Å². The molecule has 6 heavy (non-hydrogen) atoms. The molecule has 1 rings (SSSR count). The summed E-state index contributed by atoms with van der Waals surface area (Å²) in [5, 5.41) is 0. The number of hydrogen-bond donors (Lipinski definition) is 0. The summed E-state index contributed by atoms with van der Waals surface area (Å²) >= 11 is 0. The molecule has 0 nitrogen and oxygen atoms in total. The summed E-state index contributed by atoms with van der Waals surface area (Å²) in [5.74, 6) is 0. The van der Waals surface area contributed by atoms with Crippen LogP contribution in [-0.2, 0) is 17.1 Å². The minimum absolute atomic E-state index is 0. The van der Waals surface area contributed by atoms with Gasteiger partial charge in [0, 0.05) is 0 Å². The van der Waals surface area contributed by atoms with Crippen LogP contribution in [0.3, 0.4) is 0 Å². The third-order valence-electron chi connectivity index (χ3n) is 0.655. The van der Waals surface area contributed by atoms with Crippen molar-refractivity contribution in [1.82, 2.24) is 0 Å². The molecule has 0 saturated carbocycles. The molecule has 36 valence electrons. The molecule has 0 unspecified atom stereocenters. The maximum atomic E-state index is 2.12. The van der Waals surface area contributed by atoms with Crippen molar-refractivity contribution in [3.05, 3.63) is 24.3 Å². The Morgan fingerprint density at radius 1 is 1.00 bits per heavy atom. The van der Waals surface area contributed by atoms with Crippen molar-refractivity contribution in [3.63, 3.8) is 0 Å². The third kappa shape index (κ3) is 1.44. The van der Waals surface area contributed by atoms with Gasteiger partial charge in [0.05, 0.1) is 0 Å². The molecule has 0 heterocycles. The van der Waals surface area contributed by atoms with Crippen LogP contribution in [0.1, 0.15) is 6.42 Å². The third-order valence-corrected chi connectivity index (χ3v) is 0.655. The number of allylic oxidation sites excluding steroid dienone is 4. The van der Waals surface area contributed by atoms with Gasteiger partial charge in [0.15, 0.2) is 0 Å². The van der Waals surface area contributed by atoms with E-state index in [1.54, 1.807) is 0 Å². The zero-order valence-corrected chi connectivity index (χ0v) is 4.26. The van der Waals surface area contributed by atoms with Gasteiger partial charge < -0.3 is 0 Å². The van der Waals surface area contributed by atoms with Crippen LogP contribution in [0.15, 0.2) is 24.3 Å². The standard InChI is InChI=1S/C5H6.Cu/c1-2-4-5-3-1;/h1-4H,5H2;/q;+1. The molecule has 1 aliphatic carbocycles. The molecule has 0 saturated heterocycles. The quantitative estimate of drug-likeness (QED) is 0.435. The minimum Gasteiger partial charge on any atom is -0.0808 e. The molecule has 1 heteroatoms. The molecule has 0 N–H and O–H groups in total. The second-order valence-electron chi connectivity index (χ2n) is 1.09. The van der Waals surface area contributed by atoms with Crippen molar-refractivity contribution in [3.8, 4) is 0 Å². The van der Waals surface area contributed by atoms with Gasteiger partial charge in [-0.3, -0.25) is 0 Å². The summed E-state index contributed by atoms with van der Waals surface area (Å²) in [6.07, 6.45) is 9.50. The SMILES string of the molecule is C1=CCC=C1.[Cu+]. The summed E-state index contributed by atoms with van der Waals surface area (Å²) in [6.45, 7) is 0. The Balaban J connectivity index is 0.000000250. The van der Waals surface area contributed by atoms with Crippen LogP contribution in [0.5, 0.6) is 0 Å². The van der Waals surface area contributed by atoms with E-state index in [9.17, 15) is 0 Å². The van der Waals surface area contributed by atoms with Gasteiger partial charge >= 0.3 is 17.1 Å². The van der Waals surface area contributed by atoms with Gasteiger partial charge in [0.25, 0.3) is 0 Å². The topological polar surface area (TPSA) is 0 Å². The minimum atomic E-state index is 0. The fraction of sp³-hybridized carbons (Fsp3) is 0.200. The van der Waals surface area contributed by atoms with E-state index in [0.717, 1.165) is 6.42 Å². The van der Waals surface area contributed by atoms with Crippen molar-refractivity contribution in [2.24, 2.45) is 0 Å². The normalized spacial score (nSPS) is 14.7. The molecule has 1 aliphatic rings. The second kappa shape index (κ2) is 3.20. The Bertz CT molecular complexity index is 62.0. The Labute approximate surface area is 48.4 Å². The van der Waals surface area contributed by atoms with Gasteiger partial charge in [-0.05, 0) is 6.42 Å². The molecule has 0 aromatic heterocycles. The van der Waals surface area contributed by atoms with E-state index >= 15 is 0 Å². The van der Waals surface area contributed by atoms with E-state index in [-0.39, 0.29) is 17.1 Å². The Hall–Kier alpha value is -0.000519. The van der Waals surface area contributed by atoms with Crippen LogP contribution in [0, 0.1) is 0 Å². The molecule has 0 amide bonds. The van der Waals surface area contributed by atoms with E-state index < -0.39 is 0 Å². The first kappa shape index (κ1) is 6.00. The molecule has 0 aromatic rings. The number of rotatable bonds is 0. The fourth-order valence-electron chi connectivity index (χ4n) is 0.393. The van der Waals surface area contributed by atoms with Gasteiger partial charge in [-0.15, -0.1) is 0 Å². The van der Waals surface area contributed by atoms with Crippen LogP contribution in [-0.4, -0.2) is 0 Å². The Kier molecular flexibility index (Phi) is 3.20. The van der Waals surface area contributed by atoms with Crippen LogP contribution in [0.2, 0.25) is 0 Å². The molecular weight excluding hydrogens is 124 g/mol. The van der Waals surface area contributed by atoms with E-state index in [4.69, 9.17) is 0 Å². The molecule has 0 aromatic carbocycles. The Morgan fingerprint density at radius 2 is 1.50 bits per heavy atom. The average Bonchev–Trinajstić information content (AvgIpc) is 1.76. The van der Waals surface area contributed by atoms with Crippen molar-refractivity contribution >= 4 is 0 Å². The Morgan fingerprint density at radius 3 is 1.67 bits per heavy atom. The summed E-state index contributed by atoms with van der Waals surface area (Å²) in [4.78, 5) is 0. The second-order valence-corrected chi connectivity index (χ2v) is 1.09. The molecule has 0 fully saturated rings. The van der Waals surface area contributed by atoms with Crippen LogP contribution < -0.4 is 0 Å². The van der Waals surface area contributed by atoms with Crippen molar-refractivity contribution in [1.29, 1.82) is 0 Å². The first-order valence-electron chi connectivity index (χ1n) is 1.82. The maximum absolute atomic E-state index is 2.12. The van der Waals surface area contributed by atoms with Crippen LogP contribution in [0.25, 0.3) is 0 Å². The molecule has 0 atom stereocenters. The molecule has 0 spiro atoms. The summed E-state index contributed by atoms with van der Waals surface area (Å²) in [5.41, 5.74) is 0. The van der Waals surface area contributed by atoms with Crippen LogP contribution in [0.4, 0.5) is 0 Å². The summed E-state index contributed by atoms with van der Waals surface area (Å²) in [6, 6.07) is 0. The summed E-state index contributed by atoms with van der Waals surface area (Å²) < 4.78 is 0. The molecule has 0 radical (unpaired) electrons. The van der Waals surface area contributed by atoms with Gasteiger partial charge in [-0.25, -0.2) is 0 Å². The van der Waals surface area contributed by atoms with Crippen molar-refractivity contribution in [2.45, 2.75) is 6.42 Å². The zero-order chi connectivity index (χ0) is 3.54. The smallest absolute Gasteiger partial charge is 0.0808 e. The first-order chi connectivity index (χ1) is 2.50. The van der Waals surface area contributed by atoms with Gasteiger partial charge in [0.2, 0.25) is 0 Å². The van der Waals surface area contributed by atoms with E-state index in [1.165, 1.54) is 0 Å². The number of hydrogen-bond acceptors (Lipinski definition) is 0. The largest absolute Gasteiger partial charge is 1.00 e. The predicted octanol–water partition coefficient (Wildman–Crippen LogP) is 1.50. The maximum Gasteiger partial charge on any atom is 1.00 e. The van der Waals surface area contributed by atoms with E-state index in [0.29, 0.717) is 0 Å². The molecule has 0 aliphatic heterocycles. The van der Waals surface area contributed by atoms with E-state index in [1.807, 2.05) is 0 Å². The predicted molar refractivity (Wildman–Crippen MR) is 22.9 cm³/mol. The fourth-order valence-corrected chi connectivity index (χ4v) is 0.393. The van der Waals surface area contributed by atoms with Gasteiger partial charge in [-0.2, -0.15) is 0 Å². The molecule has 0 bridgehead atoms. The van der Waals surface area contributed by atoms with Crippen LogP contribution >= 0.6 is 0 Å². The monoisotopic (exact) mass is 129 g/mol. The first-order valence-corrected chi connectivity index (χ1v) is 1.82. The molecular formula is C5H6Cu+.